The van der Waals surface area contributed by atoms with Crippen LogP contribution in [0.1, 0.15) is 0 Å². The van der Waals surface area contributed by atoms with Crippen molar-refractivity contribution in [2.24, 2.45) is 0 Å². The van der Waals surface area contributed by atoms with Crippen molar-refractivity contribution in [1.29, 1.82) is 0 Å². The predicted octanol–water partition coefficient (Wildman–Crippen LogP) is 5.64. The molecule has 24 heavy (non-hydrogen) atoms. The Morgan fingerprint density at radius 2 is 1.71 bits per heavy atom. The highest BCUT2D eigenvalue weighted by atomic mass is 35.6. The third-order valence-electron chi connectivity index (χ3n) is 3.01. The summed E-state index contributed by atoms with van der Waals surface area (Å²) in [6.45, 7) is 0. The number of hydrogen-bond donors (Lipinski definition) is 1. The lowest BCUT2D eigenvalue weighted by molar-refractivity contribution is -0.0911. The van der Waals surface area contributed by atoms with E-state index in [4.69, 9.17) is 55.9 Å². The molecule has 1 atom stereocenters. The van der Waals surface area contributed by atoms with Gasteiger partial charge in [0.1, 0.15) is 0 Å². The van der Waals surface area contributed by atoms with Crippen LogP contribution >= 0.6 is 58.2 Å². The number of alkyl halides is 3. The fourth-order valence-electron chi connectivity index (χ4n) is 1.97. The number of rotatable bonds is 2. The third-order valence-corrected chi connectivity index (χ3v) is 4.78. The van der Waals surface area contributed by atoms with E-state index in [1.54, 1.807) is 36.4 Å². The molecular formula is C15H9Cl4NO3S. The van der Waals surface area contributed by atoms with Crippen LogP contribution in [-0.2, 0) is 0 Å². The zero-order valence-electron chi connectivity index (χ0n) is 11.8. The molecule has 0 saturated heterocycles. The molecule has 0 saturated carbocycles. The summed E-state index contributed by atoms with van der Waals surface area (Å²) >= 11 is 24.8. The minimum Gasteiger partial charge on any atom is -0.428 e. The molecule has 1 N–H and O–H groups in total. The number of halogens is 4. The average molecular weight is 425 g/mol. The van der Waals surface area contributed by atoms with Gasteiger partial charge in [0.25, 0.3) is 9.03 Å². The van der Waals surface area contributed by atoms with Crippen LogP contribution in [-0.4, -0.2) is 14.9 Å². The lowest BCUT2D eigenvalue weighted by atomic mass is 10.3. The molecule has 0 unspecified atom stereocenters. The Bertz CT molecular complexity index is 769. The first-order valence-corrected chi connectivity index (χ1v) is 8.91. The van der Waals surface area contributed by atoms with Crippen molar-refractivity contribution in [3.63, 3.8) is 0 Å². The summed E-state index contributed by atoms with van der Waals surface area (Å²) in [5.74, 6) is -1.43. The van der Waals surface area contributed by atoms with E-state index in [1.807, 2.05) is 6.07 Å². The molecule has 2 aromatic rings. The van der Waals surface area contributed by atoms with Crippen molar-refractivity contribution >= 4 is 63.4 Å². The molecule has 0 bridgehead atoms. The normalized spacial score (nSPS) is 19.2. The second-order valence-electron chi connectivity index (χ2n) is 4.74. The predicted molar refractivity (Wildman–Crippen MR) is 96.6 cm³/mol. The molecule has 0 fully saturated rings. The fourth-order valence-corrected chi connectivity index (χ4v) is 3.20. The summed E-state index contributed by atoms with van der Waals surface area (Å²) < 4.78 is 9.11. The van der Waals surface area contributed by atoms with Gasteiger partial charge in [-0.25, -0.2) is 0 Å². The molecule has 0 spiro atoms. The number of nitrogens with one attached hydrogen (secondary N) is 1. The Hall–Kier alpha value is -0.980. The van der Waals surface area contributed by atoms with E-state index in [0.717, 1.165) is 11.8 Å². The van der Waals surface area contributed by atoms with E-state index in [0.29, 0.717) is 15.7 Å². The van der Waals surface area contributed by atoms with Crippen LogP contribution in [0, 0.1) is 0 Å². The van der Waals surface area contributed by atoms with Gasteiger partial charge < -0.3 is 9.47 Å². The second-order valence-corrected chi connectivity index (χ2v) is 8.50. The lowest BCUT2D eigenvalue weighted by Crippen LogP contribution is -2.62. The van der Waals surface area contributed by atoms with Crippen molar-refractivity contribution < 1.29 is 14.3 Å². The quantitative estimate of drug-likeness (QED) is 0.500. The highest BCUT2D eigenvalue weighted by Gasteiger charge is 2.59. The minimum atomic E-state index is -2.09. The van der Waals surface area contributed by atoms with Gasteiger partial charge in [0.05, 0.1) is 0 Å². The summed E-state index contributed by atoms with van der Waals surface area (Å²) in [6, 6.07) is 13.7. The SMILES string of the molecule is O=C(N[C@]1(C(Cl)(Cl)Cl)Oc2ccc(Cl)cc2O1)Sc1ccccc1. The van der Waals surface area contributed by atoms with Gasteiger partial charge in [0.2, 0.25) is 0 Å². The topological polar surface area (TPSA) is 47.6 Å². The van der Waals surface area contributed by atoms with Gasteiger partial charge in [-0.05, 0) is 36.0 Å². The summed E-state index contributed by atoms with van der Waals surface area (Å²) in [7, 11) is 0. The van der Waals surface area contributed by atoms with Crippen molar-refractivity contribution in [1.82, 2.24) is 5.32 Å². The van der Waals surface area contributed by atoms with Gasteiger partial charge in [0, 0.05) is 16.0 Å². The summed E-state index contributed by atoms with van der Waals surface area (Å²) in [4.78, 5) is 13.0. The third kappa shape index (κ3) is 3.65. The fraction of sp³-hybridized carbons (Fsp3) is 0.133. The monoisotopic (exact) mass is 423 g/mol. The van der Waals surface area contributed by atoms with Crippen molar-refractivity contribution in [2.45, 2.75) is 14.6 Å². The lowest BCUT2D eigenvalue weighted by Gasteiger charge is -2.33. The Labute approximate surface area is 162 Å². The number of benzene rings is 2. The van der Waals surface area contributed by atoms with Crippen molar-refractivity contribution in [3.05, 3.63) is 53.6 Å². The van der Waals surface area contributed by atoms with Crippen LogP contribution in [0.15, 0.2) is 53.4 Å². The summed E-state index contributed by atoms with van der Waals surface area (Å²) in [5.41, 5.74) is 0. The molecule has 4 nitrogen and oxygen atoms in total. The molecule has 0 aliphatic carbocycles. The highest BCUT2D eigenvalue weighted by molar-refractivity contribution is 8.13. The first-order chi connectivity index (χ1) is 11.3. The molecule has 1 heterocycles. The zero-order valence-corrected chi connectivity index (χ0v) is 15.6. The number of ether oxygens (including phenoxy) is 2. The van der Waals surface area contributed by atoms with Crippen molar-refractivity contribution in [2.75, 3.05) is 0 Å². The highest BCUT2D eigenvalue weighted by Crippen LogP contribution is 2.49. The summed E-state index contributed by atoms with van der Waals surface area (Å²) in [5, 5.41) is 2.40. The van der Waals surface area contributed by atoms with Gasteiger partial charge >= 0.3 is 5.91 Å². The van der Waals surface area contributed by atoms with E-state index in [-0.39, 0.29) is 5.75 Å². The largest absolute Gasteiger partial charge is 0.428 e. The number of carbonyl (C=O) groups is 1. The molecule has 0 aromatic heterocycles. The molecule has 9 heteroatoms. The maximum atomic E-state index is 12.3. The van der Waals surface area contributed by atoms with Crippen LogP contribution in [0.4, 0.5) is 4.79 Å². The minimum absolute atomic E-state index is 0.263. The van der Waals surface area contributed by atoms with Crippen LogP contribution < -0.4 is 14.8 Å². The first-order valence-electron chi connectivity index (χ1n) is 6.58. The number of amides is 1. The van der Waals surface area contributed by atoms with Crippen LogP contribution in [0.5, 0.6) is 11.5 Å². The van der Waals surface area contributed by atoms with Gasteiger partial charge in [-0.2, -0.15) is 0 Å². The molecular weight excluding hydrogens is 416 g/mol. The van der Waals surface area contributed by atoms with Gasteiger partial charge in [-0.15, -0.1) is 0 Å². The number of carbonyl (C=O) groups excluding carboxylic acids is 1. The maximum absolute atomic E-state index is 12.3. The van der Waals surface area contributed by atoms with E-state index >= 15 is 0 Å². The average Bonchev–Trinajstić information content (AvgIpc) is 2.86. The molecule has 0 radical (unpaired) electrons. The van der Waals surface area contributed by atoms with E-state index in [9.17, 15) is 4.79 Å². The number of fused-ring (bicyclic) bond motifs is 1. The van der Waals surface area contributed by atoms with E-state index < -0.39 is 14.9 Å². The smallest absolute Gasteiger partial charge is 0.388 e. The Morgan fingerprint density at radius 3 is 2.38 bits per heavy atom. The molecule has 1 aliphatic rings. The standard InChI is InChI=1S/C15H9Cl4NO3S/c16-9-6-7-11-12(8-9)23-15(22-11,14(17,18)19)20-13(21)24-10-4-2-1-3-5-10/h1-8H,(H,20,21)/t15-/m1/s1. The first kappa shape index (κ1) is 17.8. The van der Waals surface area contributed by atoms with E-state index in [1.165, 1.54) is 6.07 Å². The Balaban J connectivity index is 1.83. The second kappa shape index (κ2) is 6.73. The molecule has 1 amide bonds. The maximum Gasteiger partial charge on any atom is 0.388 e. The molecule has 3 rings (SSSR count). The van der Waals surface area contributed by atoms with Crippen molar-refractivity contribution in [3.8, 4) is 11.5 Å². The van der Waals surface area contributed by atoms with Crippen LogP contribution in [0.3, 0.4) is 0 Å². The summed E-state index contributed by atoms with van der Waals surface area (Å²) in [6.07, 6.45) is 0. The van der Waals surface area contributed by atoms with E-state index in [2.05, 4.69) is 5.32 Å². The van der Waals surface area contributed by atoms with Gasteiger partial charge in [-0.3, -0.25) is 10.1 Å². The molecule has 126 valence electrons. The van der Waals surface area contributed by atoms with Gasteiger partial charge in [-0.1, -0.05) is 64.6 Å². The van der Waals surface area contributed by atoms with Crippen LogP contribution in [0.2, 0.25) is 5.02 Å². The molecule has 1 aliphatic heterocycles. The van der Waals surface area contributed by atoms with Crippen LogP contribution in [0.25, 0.3) is 0 Å². The zero-order chi connectivity index (χ0) is 17.4. The number of thioether (sulfide) groups is 1. The number of hydrogen-bond acceptors (Lipinski definition) is 4. The van der Waals surface area contributed by atoms with Gasteiger partial charge in [0.15, 0.2) is 11.5 Å². The Kier molecular flexibility index (Phi) is 5.00. The Morgan fingerprint density at radius 1 is 1.04 bits per heavy atom. The molecule has 2 aromatic carbocycles.